The standard InChI is InChI=1S/C13H21NO4S2/c1-6-17-11(15)9(3)8-10(12(16)18-7-2)14-13(19-4)20-5/h8-9H,6-7H2,1-5H3/b10-8-. The van der Waals surface area contributed by atoms with Crippen LogP contribution in [0.3, 0.4) is 0 Å². The predicted molar refractivity (Wildman–Crippen MR) is 85.0 cm³/mol. The van der Waals surface area contributed by atoms with E-state index in [0.717, 1.165) is 4.38 Å². The molecule has 0 bridgehead atoms. The summed E-state index contributed by atoms with van der Waals surface area (Å²) in [6, 6.07) is 0. The Bertz CT molecular complexity index is 388. The Balaban J connectivity index is 5.25. The van der Waals surface area contributed by atoms with Crippen LogP contribution in [0.1, 0.15) is 20.8 Å². The molecule has 0 aliphatic heterocycles. The van der Waals surface area contributed by atoms with Crippen molar-refractivity contribution in [1.29, 1.82) is 0 Å². The summed E-state index contributed by atoms with van der Waals surface area (Å²) in [6.07, 6.45) is 5.21. The largest absolute Gasteiger partial charge is 0.466 e. The second-order valence-electron chi connectivity index (χ2n) is 3.60. The van der Waals surface area contributed by atoms with Gasteiger partial charge in [-0.05, 0) is 39.4 Å². The van der Waals surface area contributed by atoms with Crippen molar-refractivity contribution >= 4 is 39.8 Å². The summed E-state index contributed by atoms with van der Waals surface area (Å²) >= 11 is 2.86. The third kappa shape index (κ3) is 7.00. The molecule has 1 atom stereocenters. The Labute approximate surface area is 128 Å². The van der Waals surface area contributed by atoms with Gasteiger partial charge in [-0.25, -0.2) is 9.79 Å². The molecule has 0 N–H and O–H groups in total. The first-order valence-electron chi connectivity index (χ1n) is 6.22. The van der Waals surface area contributed by atoms with Crippen molar-refractivity contribution in [2.45, 2.75) is 20.8 Å². The molecule has 0 spiro atoms. The molecular formula is C13H21NO4S2. The van der Waals surface area contributed by atoms with Crippen molar-refractivity contribution in [3.8, 4) is 0 Å². The first-order chi connectivity index (χ1) is 9.49. The van der Waals surface area contributed by atoms with E-state index in [1.165, 1.54) is 29.6 Å². The summed E-state index contributed by atoms with van der Waals surface area (Å²) in [4.78, 5) is 27.7. The van der Waals surface area contributed by atoms with Crippen LogP contribution in [0, 0.1) is 5.92 Å². The van der Waals surface area contributed by atoms with Gasteiger partial charge in [0, 0.05) is 0 Å². The minimum atomic E-state index is -0.553. The molecule has 0 aromatic heterocycles. The molecule has 0 heterocycles. The minimum Gasteiger partial charge on any atom is -0.466 e. The van der Waals surface area contributed by atoms with Crippen molar-refractivity contribution in [2.75, 3.05) is 25.7 Å². The van der Waals surface area contributed by atoms with Gasteiger partial charge in [-0.1, -0.05) is 0 Å². The highest BCUT2D eigenvalue weighted by molar-refractivity contribution is 8.38. The molecule has 20 heavy (non-hydrogen) atoms. The van der Waals surface area contributed by atoms with Crippen LogP contribution in [-0.2, 0) is 19.1 Å². The van der Waals surface area contributed by atoms with Crippen LogP contribution in [0.5, 0.6) is 0 Å². The zero-order chi connectivity index (χ0) is 15.5. The van der Waals surface area contributed by atoms with E-state index < -0.39 is 11.9 Å². The molecule has 0 saturated heterocycles. The number of carbonyl (C=O) groups excluding carboxylic acids is 2. The van der Waals surface area contributed by atoms with Gasteiger partial charge < -0.3 is 9.47 Å². The highest BCUT2D eigenvalue weighted by Crippen LogP contribution is 2.16. The Morgan fingerprint density at radius 3 is 2.15 bits per heavy atom. The minimum absolute atomic E-state index is 0.131. The average Bonchev–Trinajstić information content (AvgIpc) is 2.43. The normalized spacial score (nSPS) is 12.6. The van der Waals surface area contributed by atoms with Gasteiger partial charge in [0.2, 0.25) is 0 Å². The lowest BCUT2D eigenvalue weighted by molar-refractivity contribution is -0.145. The van der Waals surface area contributed by atoms with Gasteiger partial charge in [0.05, 0.1) is 19.1 Å². The van der Waals surface area contributed by atoms with Gasteiger partial charge in [-0.2, -0.15) is 0 Å². The Morgan fingerprint density at radius 2 is 1.70 bits per heavy atom. The van der Waals surface area contributed by atoms with Gasteiger partial charge in [-0.3, -0.25) is 4.79 Å². The van der Waals surface area contributed by atoms with Gasteiger partial charge in [0.15, 0.2) is 0 Å². The molecule has 0 rings (SSSR count). The van der Waals surface area contributed by atoms with Crippen molar-refractivity contribution < 1.29 is 19.1 Å². The number of thioether (sulfide) groups is 2. The Kier molecular flexibility index (Phi) is 10.3. The van der Waals surface area contributed by atoms with Crippen LogP contribution in [-0.4, -0.2) is 42.0 Å². The topological polar surface area (TPSA) is 65.0 Å². The van der Waals surface area contributed by atoms with E-state index in [-0.39, 0.29) is 18.3 Å². The lowest BCUT2D eigenvalue weighted by Gasteiger charge is -2.08. The SMILES string of the molecule is CCOC(=O)/C(=C/C(C)C(=O)OCC)N=C(SC)SC. The Morgan fingerprint density at radius 1 is 1.15 bits per heavy atom. The summed E-state index contributed by atoms with van der Waals surface area (Å²) in [7, 11) is 0. The Hall–Kier alpha value is -0.950. The number of nitrogens with zero attached hydrogens (tertiary/aromatic N) is 1. The molecule has 5 nitrogen and oxygen atoms in total. The second kappa shape index (κ2) is 10.8. The van der Waals surface area contributed by atoms with E-state index in [1.54, 1.807) is 20.8 Å². The third-order valence-electron chi connectivity index (χ3n) is 2.11. The lowest BCUT2D eigenvalue weighted by Crippen LogP contribution is -2.15. The van der Waals surface area contributed by atoms with Gasteiger partial charge >= 0.3 is 11.9 Å². The fourth-order valence-corrected chi connectivity index (χ4v) is 2.25. The summed E-state index contributed by atoms with van der Waals surface area (Å²) in [5.74, 6) is -1.48. The van der Waals surface area contributed by atoms with Crippen molar-refractivity contribution in [3.05, 3.63) is 11.8 Å². The van der Waals surface area contributed by atoms with Crippen molar-refractivity contribution in [1.82, 2.24) is 0 Å². The smallest absolute Gasteiger partial charge is 0.356 e. The van der Waals surface area contributed by atoms with Crippen molar-refractivity contribution in [3.63, 3.8) is 0 Å². The molecule has 0 fully saturated rings. The highest BCUT2D eigenvalue weighted by atomic mass is 32.2. The molecule has 114 valence electrons. The molecule has 0 aliphatic carbocycles. The fraction of sp³-hybridized carbons (Fsp3) is 0.615. The van der Waals surface area contributed by atoms with Crippen LogP contribution >= 0.6 is 23.5 Å². The summed E-state index contributed by atoms with van der Waals surface area (Å²) < 4.78 is 10.6. The second-order valence-corrected chi connectivity index (χ2v) is 5.45. The van der Waals surface area contributed by atoms with Crippen LogP contribution < -0.4 is 0 Å². The number of aliphatic imine (C=N–C) groups is 1. The first kappa shape index (κ1) is 19.1. The maximum absolute atomic E-state index is 11.9. The molecule has 0 radical (unpaired) electrons. The fourth-order valence-electron chi connectivity index (χ4n) is 1.21. The van der Waals surface area contributed by atoms with Crippen LogP contribution in [0.4, 0.5) is 0 Å². The molecule has 0 aromatic rings. The zero-order valence-corrected chi connectivity index (χ0v) is 14.1. The van der Waals surface area contributed by atoms with E-state index in [2.05, 4.69) is 4.99 Å². The average molecular weight is 319 g/mol. The van der Waals surface area contributed by atoms with Crippen LogP contribution in [0.25, 0.3) is 0 Å². The first-order valence-corrected chi connectivity index (χ1v) is 8.67. The third-order valence-corrected chi connectivity index (χ3v) is 3.99. The lowest BCUT2D eigenvalue weighted by atomic mass is 10.1. The van der Waals surface area contributed by atoms with E-state index in [1.807, 2.05) is 12.5 Å². The zero-order valence-electron chi connectivity index (χ0n) is 12.5. The summed E-state index contributed by atoms with van der Waals surface area (Å²) in [6.45, 7) is 5.67. The van der Waals surface area contributed by atoms with Crippen molar-refractivity contribution in [2.24, 2.45) is 10.9 Å². The van der Waals surface area contributed by atoms with E-state index >= 15 is 0 Å². The number of carbonyl (C=O) groups is 2. The maximum atomic E-state index is 11.9. The molecule has 7 heteroatoms. The van der Waals surface area contributed by atoms with Gasteiger partial charge in [0.1, 0.15) is 10.1 Å². The molecule has 0 aliphatic rings. The molecular weight excluding hydrogens is 298 g/mol. The molecule has 0 saturated carbocycles. The molecule has 0 aromatic carbocycles. The number of hydrogen-bond donors (Lipinski definition) is 0. The monoisotopic (exact) mass is 319 g/mol. The van der Waals surface area contributed by atoms with Crippen LogP contribution in [0.15, 0.2) is 16.8 Å². The molecule has 1 unspecified atom stereocenters. The van der Waals surface area contributed by atoms with Crippen LogP contribution in [0.2, 0.25) is 0 Å². The number of ether oxygens (including phenoxy) is 2. The van der Waals surface area contributed by atoms with E-state index in [4.69, 9.17) is 9.47 Å². The number of hydrogen-bond acceptors (Lipinski definition) is 7. The van der Waals surface area contributed by atoms with Gasteiger partial charge in [0.25, 0.3) is 0 Å². The molecule has 0 amide bonds. The highest BCUT2D eigenvalue weighted by Gasteiger charge is 2.17. The summed E-state index contributed by atoms with van der Waals surface area (Å²) in [5.41, 5.74) is 0.131. The number of esters is 2. The number of rotatable bonds is 6. The predicted octanol–water partition coefficient (Wildman–Crippen LogP) is 2.71. The van der Waals surface area contributed by atoms with E-state index in [0.29, 0.717) is 6.61 Å². The van der Waals surface area contributed by atoms with E-state index in [9.17, 15) is 9.59 Å². The quantitative estimate of drug-likeness (QED) is 0.325. The summed E-state index contributed by atoms with van der Waals surface area (Å²) in [5, 5.41) is 0. The maximum Gasteiger partial charge on any atom is 0.356 e. The van der Waals surface area contributed by atoms with Gasteiger partial charge in [-0.15, -0.1) is 23.5 Å².